The zero-order valence-electron chi connectivity index (χ0n) is 11.9. The lowest BCUT2D eigenvalue weighted by molar-refractivity contribution is -0.138. The number of carboxylic acids is 1. The molecule has 114 valence electrons. The Kier molecular flexibility index (Phi) is 5.30. The van der Waals surface area contributed by atoms with Gasteiger partial charge in [0.05, 0.1) is 6.54 Å². The standard InChI is InChI=1S/C15H21N3O3/c16-14(12-5-2-1-3-6-12)15(21)18-8-4-7-17(9-10-18)11-13(19)20/h1-3,5-6,14H,4,7-11,16H2,(H,19,20)/t14-/m0/s1. The molecular weight excluding hydrogens is 270 g/mol. The van der Waals surface area contributed by atoms with Crippen molar-refractivity contribution in [2.24, 2.45) is 5.73 Å². The quantitative estimate of drug-likeness (QED) is 0.833. The van der Waals surface area contributed by atoms with Gasteiger partial charge in [0.15, 0.2) is 0 Å². The predicted molar refractivity (Wildman–Crippen MR) is 78.6 cm³/mol. The molecule has 6 nitrogen and oxygen atoms in total. The minimum absolute atomic E-state index is 0.0206. The van der Waals surface area contributed by atoms with Crippen LogP contribution < -0.4 is 5.73 Å². The van der Waals surface area contributed by atoms with Crippen LogP contribution in [0.5, 0.6) is 0 Å². The number of hydrogen-bond acceptors (Lipinski definition) is 4. The van der Waals surface area contributed by atoms with E-state index in [2.05, 4.69) is 0 Å². The van der Waals surface area contributed by atoms with Crippen molar-refractivity contribution in [2.45, 2.75) is 12.5 Å². The van der Waals surface area contributed by atoms with E-state index < -0.39 is 12.0 Å². The third kappa shape index (κ3) is 4.27. The van der Waals surface area contributed by atoms with Crippen molar-refractivity contribution in [1.82, 2.24) is 9.80 Å². The Morgan fingerprint density at radius 1 is 1.14 bits per heavy atom. The summed E-state index contributed by atoms with van der Waals surface area (Å²) in [6, 6.07) is 8.64. The Morgan fingerprint density at radius 2 is 1.86 bits per heavy atom. The minimum Gasteiger partial charge on any atom is -0.480 e. The number of nitrogens with zero attached hydrogens (tertiary/aromatic N) is 2. The van der Waals surface area contributed by atoms with E-state index in [0.717, 1.165) is 12.0 Å². The van der Waals surface area contributed by atoms with Gasteiger partial charge in [-0.05, 0) is 12.0 Å². The molecule has 0 aliphatic carbocycles. The van der Waals surface area contributed by atoms with E-state index in [1.165, 1.54) is 0 Å². The van der Waals surface area contributed by atoms with Crippen molar-refractivity contribution < 1.29 is 14.7 Å². The molecule has 1 aliphatic heterocycles. The molecule has 1 saturated heterocycles. The Balaban J connectivity index is 1.95. The van der Waals surface area contributed by atoms with Crippen LogP contribution in [-0.2, 0) is 9.59 Å². The molecule has 0 bridgehead atoms. The van der Waals surface area contributed by atoms with Gasteiger partial charge in [-0.3, -0.25) is 14.5 Å². The van der Waals surface area contributed by atoms with E-state index in [1.807, 2.05) is 35.2 Å². The molecule has 1 fully saturated rings. The molecule has 1 aromatic rings. The number of nitrogens with two attached hydrogens (primary N) is 1. The molecule has 0 saturated carbocycles. The Labute approximate surface area is 124 Å². The van der Waals surface area contributed by atoms with Crippen LogP contribution in [0.25, 0.3) is 0 Å². The first kappa shape index (κ1) is 15.5. The van der Waals surface area contributed by atoms with Gasteiger partial charge in [0.25, 0.3) is 0 Å². The summed E-state index contributed by atoms with van der Waals surface area (Å²) < 4.78 is 0. The smallest absolute Gasteiger partial charge is 0.317 e. The van der Waals surface area contributed by atoms with E-state index in [1.54, 1.807) is 4.90 Å². The number of carboxylic acid groups (broad SMARTS) is 1. The maximum Gasteiger partial charge on any atom is 0.317 e. The SMILES string of the molecule is N[C@H](C(=O)N1CCCN(CC(=O)O)CC1)c1ccccc1. The average Bonchev–Trinajstić information content (AvgIpc) is 2.71. The van der Waals surface area contributed by atoms with Crippen molar-refractivity contribution in [3.63, 3.8) is 0 Å². The monoisotopic (exact) mass is 291 g/mol. The topological polar surface area (TPSA) is 86.9 Å². The van der Waals surface area contributed by atoms with Crippen molar-refractivity contribution in [2.75, 3.05) is 32.7 Å². The van der Waals surface area contributed by atoms with Gasteiger partial charge in [-0.2, -0.15) is 0 Å². The van der Waals surface area contributed by atoms with Crippen LogP contribution in [0.2, 0.25) is 0 Å². The van der Waals surface area contributed by atoms with Gasteiger partial charge in [0, 0.05) is 26.2 Å². The molecule has 1 amide bonds. The lowest BCUT2D eigenvalue weighted by atomic mass is 10.1. The van der Waals surface area contributed by atoms with Crippen LogP contribution in [0.3, 0.4) is 0 Å². The van der Waals surface area contributed by atoms with E-state index >= 15 is 0 Å². The molecule has 1 aromatic carbocycles. The highest BCUT2D eigenvalue weighted by molar-refractivity contribution is 5.83. The van der Waals surface area contributed by atoms with Crippen molar-refractivity contribution in [3.05, 3.63) is 35.9 Å². The summed E-state index contributed by atoms with van der Waals surface area (Å²) in [5.41, 5.74) is 6.84. The van der Waals surface area contributed by atoms with Gasteiger partial charge in [-0.15, -0.1) is 0 Å². The van der Waals surface area contributed by atoms with Crippen molar-refractivity contribution in [3.8, 4) is 0 Å². The van der Waals surface area contributed by atoms with Gasteiger partial charge in [-0.25, -0.2) is 0 Å². The molecular formula is C15H21N3O3. The summed E-state index contributed by atoms with van der Waals surface area (Å²) >= 11 is 0. The summed E-state index contributed by atoms with van der Waals surface area (Å²) in [6.07, 6.45) is 0.764. The van der Waals surface area contributed by atoms with Gasteiger partial charge < -0.3 is 15.7 Å². The number of benzene rings is 1. The molecule has 0 spiro atoms. The number of rotatable bonds is 4. The zero-order chi connectivity index (χ0) is 15.2. The summed E-state index contributed by atoms with van der Waals surface area (Å²) in [4.78, 5) is 26.8. The maximum atomic E-state index is 12.4. The van der Waals surface area contributed by atoms with Crippen LogP contribution in [0, 0.1) is 0 Å². The third-order valence-corrected chi connectivity index (χ3v) is 3.68. The number of amides is 1. The Hall–Kier alpha value is -1.92. The fraction of sp³-hybridized carbons (Fsp3) is 0.467. The summed E-state index contributed by atoms with van der Waals surface area (Å²) in [7, 11) is 0. The first-order valence-electron chi connectivity index (χ1n) is 7.11. The highest BCUT2D eigenvalue weighted by Gasteiger charge is 2.25. The highest BCUT2D eigenvalue weighted by atomic mass is 16.4. The van der Waals surface area contributed by atoms with E-state index in [-0.39, 0.29) is 12.5 Å². The fourth-order valence-electron chi connectivity index (χ4n) is 2.54. The number of aliphatic carboxylic acids is 1. The molecule has 6 heteroatoms. The van der Waals surface area contributed by atoms with Gasteiger partial charge >= 0.3 is 5.97 Å². The van der Waals surface area contributed by atoms with Crippen LogP contribution >= 0.6 is 0 Å². The summed E-state index contributed by atoms with van der Waals surface area (Å²) in [5, 5.41) is 8.83. The van der Waals surface area contributed by atoms with Crippen molar-refractivity contribution in [1.29, 1.82) is 0 Å². The zero-order valence-corrected chi connectivity index (χ0v) is 11.9. The Bertz CT molecular complexity index is 492. The summed E-state index contributed by atoms with van der Waals surface area (Å²) in [5.74, 6) is -0.936. The third-order valence-electron chi connectivity index (χ3n) is 3.68. The predicted octanol–water partition coefficient (Wildman–Crippen LogP) is 0.305. The maximum absolute atomic E-state index is 12.4. The number of carbonyl (C=O) groups excluding carboxylic acids is 1. The normalized spacial score (nSPS) is 18.0. The van der Waals surface area contributed by atoms with E-state index in [0.29, 0.717) is 26.2 Å². The molecule has 0 unspecified atom stereocenters. The average molecular weight is 291 g/mol. The second-order valence-corrected chi connectivity index (χ2v) is 5.24. The molecule has 1 aliphatic rings. The molecule has 1 atom stereocenters. The van der Waals surface area contributed by atoms with Crippen molar-refractivity contribution >= 4 is 11.9 Å². The lowest BCUT2D eigenvalue weighted by Crippen LogP contribution is -2.41. The number of hydrogen-bond donors (Lipinski definition) is 2. The lowest BCUT2D eigenvalue weighted by Gasteiger charge is -2.24. The minimum atomic E-state index is -0.837. The molecule has 2 rings (SSSR count). The Morgan fingerprint density at radius 3 is 2.52 bits per heavy atom. The first-order valence-corrected chi connectivity index (χ1v) is 7.11. The van der Waals surface area contributed by atoms with Gasteiger partial charge in [0.2, 0.25) is 5.91 Å². The molecule has 0 aromatic heterocycles. The van der Waals surface area contributed by atoms with Crippen LogP contribution in [0.1, 0.15) is 18.0 Å². The molecule has 0 radical (unpaired) electrons. The molecule has 21 heavy (non-hydrogen) atoms. The summed E-state index contributed by atoms with van der Waals surface area (Å²) in [6.45, 7) is 2.42. The second kappa shape index (κ2) is 7.19. The van der Waals surface area contributed by atoms with E-state index in [9.17, 15) is 9.59 Å². The van der Waals surface area contributed by atoms with Crippen LogP contribution in [0.15, 0.2) is 30.3 Å². The van der Waals surface area contributed by atoms with Gasteiger partial charge in [0.1, 0.15) is 6.04 Å². The van der Waals surface area contributed by atoms with Crippen LogP contribution in [-0.4, -0.2) is 59.5 Å². The van der Waals surface area contributed by atoms with Crippen LogP contribution in [0.4, 0.5) is 0 Å². The second-order valence-electron chi connectivity index (χ2n) is 5.24. The largest absolute Gasteiger partial charge is 0.480 e. The van der Waals surface area contributed by atoms with E-state index in [4.69, 9.17) is 10.8 Å². The fourth-order valence-corrected chi connectivity index (χ4v) is 2.54. The van der Waals surface area contributed by atoms with Gasteiger partial charge in [-0.1, -0.05) is 30.3 Å². The number of carbonyl (C=O) groups is 2. The first-order chi connectivity index (χ1) is 10.1. The highest BCUT2D eigenvalue weighted by Crippen LogP contribution is 2.14. The molecule has 1 heterocycles. The molecule has 3 N–H and O–H groups in total.